The minimum absolute atomic E-state index is 0.174. The van der Waals surface area contributed by atoms with Gasteiger partial charge in [-0.3, -0.25) is 0 Å². The number of nitrogens with one attached hydrogen (secondary N) is 1. The monoisotopic (exact) mass is 224 g/mol. The molecular weight excluding hydrogens is 204 g/mol. The molecular formula is C12H20N2O2. The SMILES string of the molecule is CCC(N)CNc1ccc(OC)c(OC)c1. The highest BCUT2D eigenvalue weighted by molar-refractivity contribution is 5.54. The first-order chi connectivity index (χ1) is 7.71. The molecule has 0 spiro atoms. The van der Waals surface area contributed by atoms with E-state index in [2.05, 4.69) is 12.2 Å². The minimum atomic E-state index is 0.174. The average molecular weight is 224 g/mol. The number of hydrogen-bond donors (Lipinski definition) is 2. The summed E-state index contributed by atoms with van der Waals surface area (Å²) in [5.41, 5.74) is 6.82. The zero-order chi connectivity index (χ0) is 12.0. The Kier molecular flexibility index (Phi) is 4.92. The molecule has 0 radical (unpaired) electrons. The van der Waals surface area contributed by atoms with Gasteiger partial charge >= 0.3 is 0 Å². The van der Waals surface area contributed by atoms with Crippen LogP contribution in [0.25, 0.3) is 0 Å². The number of hydrogen-bond acceptors (Lipinski definition) is 4. The molecule has 4 nitrogen and oxygen atoms in total. The summed E-state index contributed by atoms with van der Waals surface area (Å²) < 4.78 is 10.4. The summed E-state index contributed by atoms with van der Waals surface area (Å²) in [4.78, 5) is 0. The van der Waals surface area contributed by atoms with E-state index in [1.54, 1.807) is 14.2 Å². The van der Waals surface area contributed by atoms with Crippen molar-refractivity contribution in [1.82, 2.24) is 0 Å². The van der Waals surface area contributed by atoms with Crippen molar-refractivity contribution < 1.29 is 9.47 Å². The third-order valence-electron chi connectivity index (χ3n) is 2.48. The molecule has 0 amide bonds. The normalized spacial score (nSPS) is 12.0. The van der Waals surface area contributed by atoms with Gasteiger partial charge < -0.3 is 20.5 Å². The molecule has 1 rings (SSSR count). The number of nitrogens with two attached hydrogens (primary N) is 1. The molecule has 3 N–H and O–H groups in total. The lowest BCUT2D eigenvalue weighted by molar-refractivity contribution is 0.355. The highest BCUT2D eigenvalue weighted by Crippen LogP contribution is 2.29. The van der Waals surface area contributed by atoms with Crippen LogP contribution in [0.2, 0.25) is 0 Å². The molecule has 1 aromatic rings. The molecule has 0 heterocycles. The Morgan fingerprint density at radius 3 is 2.50 bits per heavy atom. The second-order valence-electron chi connectivity index (χ2n) is 3.62. The first kappa shape index (κ1) is 12.6. The summed E-state index contributed by atoms with van der Waals surface area (Å²) in [5, 5.41) is 3.26. The van der Waals surface area contributed by atoms with E-state index < -0.39 is 0 Å². The Morgan fingerprint density at radius 1 is 1.25 bits per heavy atom. The van der Waals surface area contributed by atoms with Crippen molar-refractivity contribution >= 4 is 5.69 Å². The fraction of sp³-hybridized carbons (Fsp3) is 0.500. The molecule has 0 fully saturated rings. The van der Waals surface area contributed by atoms with Crippen molar-refractivity contribution in [1.29, 1.82) is 0 Å². The summed E-state index contributed by atoms with van der Waals surface area (Å²) >= 11 is 0. The van der Waals surface area contributed by atoms with Gasteiger partial charge in [0.15, 0.2) is 11.5 Å². The van der Waals surface area contributed by atoms with Crippen molar-refractivity contribution in [3.63, 3.8) is 0 Å². The van der Waals surface area contributed by atoms with E-state index in [1.165, 1.54) is 0 Å². The number of rotatable bonds is 6. The fourth-order valence-electron chi connectivity index (χ4n) is 1.34. The van der Waals surface area contributed by atoms with Gasteiger partial charge in [0.25, 0.3) is 0 Å². The van der Waals surface area contributed by atoms with Crippen molar-refractivity contribution in [2.24, 2.45) is 5.73 Å². The standard InChI is InChI=1S/C12H20N2O2/c1-4-9(13)8-14-10-5-6-11(15-2)12(7-10)16-3/h5-7,9,14H,4,8,13H2,1-3H3. The molecule has 0 saturated carbocycles. The number of methoxy groups -OCH3 is 2. The maximum absolute atomic E-state index is 5.83. The molecule has 0 aliphatic carbocycles. The zero-order valence-corrected chi connectivity index (χ0v) is 10.1. The zero-order valence-electron chi connectivity index (χ0n) is 10.1. The number of benzene rings is 1. The van der Waals surface area contributed by atoms with Gasteiger partial charge in [0.1, 0.15) is 0 Å². The topological polar surface area (TPSA) is 56.5 Å². The van der Waals surface area contributed by atoms with Crippen LogP contribution in [-0.4, -0.2) is 26.8 Å². The third kappa shape index (κ3) is 3.31. The van der Waals surface area contributed by atoms with Gasteiger partial charge in [-0.2, -0.15) is 0 Å². The summed E-state index contributed by atoms with van der Waals surface area (Å²) in [5.74, 6) is 1.45. The second kappa shape index (κ2) is 6.23. The first-order valence-corrected chi connectivity index (χ1v) is 5.42. The largest absolute Gasteiger partial charge is 0.493 e. The van der Waals surface area contributed by atoms with Crippen LogP contribution in [0.5, 0.6) is 11.5 Å². The summed E-state index contributed by atoms with van der Waals surface area (Å²) in [6.45, 7) is 2.83. The van der Waals surface area contributed by atoms with Crippen LogP contribution < -0.4 is 20.5 Å². The molecule has 4 heteroatoms. The van der Waals surface area contributed by atoms with Crippen LogP contribution in [0.15, 0.2) is 18.2 Å². The lowest BCUT2D eigenvalue weighted by Crippen LogP contribution is -2.27. The Hall–Kier alpha value is -1.42. The van der Waals surface area contributed by atoms with Crippen molar-refractivity contribution in [3.05, 3.63) is 18.2 Å². The lowest BCUT2D eigenvalue weighted by atomic mass is 10.2. The molecule has 1 aromatic carbocycles. The smallest absolute Gasteiger partial charge is 0.162 e. The molecule has 0 bridgehead atoms. The highest BCUT2D eigenvalue weighted by Gasteiger charge is 2.05. The molecule has 0 saturated heterocycles. The van der Waals surface area contributed by atoms with E-state index in [0.717, 1.165) is 30.2 Å². The Bertz CT molecular complexity index is 329. The maximum atomic E-state index is 5.83. The van der Waals surface area contributed by atoms with Crippen LogP contribution in [-0.2, 0) is 0 Å². The van der Waals surface area contributed by atoms with E-state index in [0.29, 0.717) is 0 Å². The number of anilines is 1. The third-order valence-corrected chi connectivity index (χ3v) is 2.48. The summed E-state index contributed by atoms with van der Waals surface area (Å²) in [6.07, 6.45) is 0.959. The molecule has 90 valence electrons. The number of ether oxygens (including phenoxy) is 2. The molecule has 1 unspecified atom stereocenters. The lowest BCUT2D eigenvalue weighted by Gasteiger charge is -2.13. The second-order valence-corrected chi connectivity index (χ2v) is 3.62. The van der Waals surface area contributed by atoms with Gasteiger partial charge in [0.2, 0.25) is 0 Å². The van der Waals surface area contributed by atoms with E-state index in [9.17, 15) is 0 Å². The summed E-state index contributed by atoms with van der Waals surface area (Å²) in [6, 6.07) is 5.90. The molecule has 16 heavy (non-hydrogen) atoms. The van der Waals surface area contributed by atoms with Gasteiger partial charge in [-0.1, -0.05) is 6.92 Å². The van der Waals surface area contributed by atoms with E-state index >= 15 is 0 Å². The van der Waals surface area contributed by atoms with Crippen LogP contribution in [0.4, 0.5) is 5.69 Å². The molecule has 0 aliphatic rings. The first-order valence-electron chi connectivity index (χ1n) is 5.42. The molecule has 0 aromatic heterocycles. The Balaban J connectivity index is 2.67. The quantitative estimate of drug-likeness (QED) is 0.774. The summed E-state index contributed by atoms with van der Waals surface area (Å²) in [7, 11) is 3.25. The van der Waals surface area contributed by atoms with E-state index in [1.807, 2.05) is 18.2 Å². The van der Waals surface area contributed by atoms with Crippen LogP contribution in [0, 0.1) is 0 Å². The van der Waals surface area contributed by atoms with Crippen molar-refractivity contribution in [2.75, 3.05) is 26.1 Å². The predicted molar refractivity (Wildman–Crippen MR) is 66.3 cm³/mol. The van der Waals surface area contributed by atoms with E-state index in [-0.39, 0.29) is 6.04 Å². The van der Waals surface area contributed by atoms with Crippen LogP contribution in [0.1, 0.15) is 13.3 Å². The van der Waals surface area contributed by atoms with Gasteiger partial charge in [-0.15, -0.1) is 0 Å². The molecule has 1 atom stereocenters. The van der Waals surface area contributed by atoms with Gasteiger partial charge in [0.05, 0.1) is 14.2 Å². The fourth-order valence-corrected chi connectivity index (χ4v) is 1.34. The van der Waals surface area contributed by atoms with Crippen LogP contribution >= 0.6 is 0 Å². The van der Waals surface area contributed by atoms with Crippen molar-refractivity contribution in [3.8, 4) is 11.5 Å². The Morgan fingerprint density at radius 2 is 1.94 bits per heavy atom. The maximum Gasteiger partial charge on any atom is 0.162 e. The van der Waals surface area contributed by atoms with E-state index in [4.69, 9.17) is 15.2 Å². The van der Waals surface area contributed by atoms with Crippen molar-refractivity contribution in [2.45, 2.75) is 19.4 Å². The minimum Gasteiger partial charge on any atom is -0.493 e. The van der Waals surface area contributed by atoms with Crippen LogP contribution in [0.3, 0.4) is 0 Å². The van der Waals surface area contributed by atoms with Gasteiger partial charge in [0, 0.05) is 24.3 Å². The Labute approximate surface area is 96.7 Å². The average Bonchev–Trinajstić information content (AvgIpc) is 2.35. The highest BCUT2D eigenvalue weighted by atomic mass is 16.5. The van der Waals surface area contributed by atoms with Gasteiger partial charge in [-0.25, -0.2) is 0 Å². The molecule has 0 aliphatic heterocycles. The predicted octanol–water partition coefficient (Wildman–Crippen LogP) is 1.85. The van der Waals surface area contributed by atoms with Gasteiger partial charge in [-0.05, 0) is 18.6 Å².